The molecule has 0 atom stereocenters. The third-order valence-electron chi connectivity index (χ3n) is 4.53. The van der Waals surface area contributed by atoms with Crippen molar-refractivity contribution in [3.05, 3.63) is 71.0 Å². The van der Waals surface area contributed by atoms with E-state index in [4.69, 9.17) is 0 Å². The normalized spacial score (nSPS) is 10.8. The van der Waals surface area contributed by atoms with Crippen molar-refractivity contribution in [3.63, 3.8) is 0 Å². The molecule has 27 heavy (non-hydrogen) atoms. The van der Waals surface area contributed by atoms with Gasteiger partial charge in [-0.25, -0.2) is 0 Å². The molecule has 1 amide bonds. The topological polar surface area (TPSA) is 59.8 Å². The molecule has 1 N–H and O–H groups in total. The van der Waals surface area contributed by atoms with E-state index >= 15 is 0 Å². The lowest BCUT2D eigenvalue weighted by Crippen LogP contribution is -2.15. The standard InChI is InChI=1S/C21H24N4OS/c1-4-25-19(13-17-10-6-5-7-11-17)23-24-21(25)27-14-20(26)22-18-12-8-9-15(2)16(18)3/h5-12H,4,13-14H2,1-3H3,(H,22,26). The van der Waals surface area contributed by atoms with Gasteiger partial charge in [0.1, 0.15) is 5.82 Å². The van der Waals surface area contributed by atoms with Crippen molar-refractivity contribution in [2.45, 2.75) is 38.9 Å². The highest BCUT2D eigenvalue weighted by Crippen LogP contribution is 2.21. The zero-order chi connectivity index (χ0) is 19.2. The predicted octanol–water partition coefficient (Wildman–Crippen LogP) is 4.24. The maximum Gasteiger partial charge on any atom is 0.234 e. The summed E-state index contributed by atoms with van der Waals surface area (Å²) >= 11 is 1.42. The molecule has 140 valence electrons. The largest absolute Gasteiger partial charge is 0.325 e. The molecule has 0 unspecified atom stereocenters. The fraction of sp³-hybridized carbons (Fsp3) is 0.286. The van der Waals surface area contributed by atoms with Crippen LogP contribution in [-0.4, -0.2) is 26.4 Å². The Morgan fingerprint density at radius 2 is 1.85 bits per heavy atom. The zero-order valence-corrected chi connectivity index (χ0v) is 16.7. The van der Waals surface area contributed by atoms with Gasteiger partial charge in [0.05, 0.1) is 5.75 Å². The van der Waals surface area contributed by atoms with E-state index in [-0.39, 0.29) is 5.91 Å². The molecule has 6 heteroatoms. The smallest absolute Gasteiger partial charge is 0.234 e. The van der Waals surface area contributed by atoms with E-state index in [2.05, 4.69) is 39.1 Å². The summed E-state index contributed by atoms with van der Waals surface area (Å²) in [5.74, 6) is 1.18. The number of hydrogen-bond donors (Lipinski definition) is 1. The minimum absolute atomic E-state index is 0.0380. The molecule has 2 aromatic carbocycles. The maximum absolute atomic E-state index is 12.4. The summed E-state index contributed by atoms with van der Waals surface area (Å²) in [6.45, 7) is 6.90. The van der Waals surface area contributed by atoms with Gasteiger partial charge in [-0.2, -0.15) is 0 Å². The van der Waals surface area contributed by atoms with Crippen molar-refractivity contribution in [1.29, 1.82) is 0 Å². The molecule has 0 aliphatic rings. The van der Waals surface area contributed by atoms with Crippen LogP contribution in [0.5, 0.6) is 0 Å². The lowest BCUT2D eigenvalue weighted by Gasteiger charge is -2.10. The van der Waals surface area contributed by atoms with Crippen LogP contribution in [0.25, 0.3) is 0 Å². The fourth-order valence-electron chi connectivity index (χ4n) is 2.86. The molecule has 0 saturated heterocycles. The van der Waals surface area contributed by atoms with Crippen molar-refractivity contribution < 1.29 is 4.79 Å². The van der Waals surface area contributed by atoms with Crippen LogP contribution in [0.2, 0.25) is 0 Å². The van der Waals surface area contributed by atoms with Gasteiger partial charge in [0, 0.05) is 18.7 Å². The second-order valence-electron chi connectivity index (χ2n) is 6.39. The molecule has 0 saturated carbocycles. The first kappa shape index (κ1) is 19.2. The first-order chi connectivity index (χ1) is 13.1. The first-order valence-electron chi connectivity index (χ1n) is 9.03. The number of nitrogens with zero attached hydrogens (tertiary/aromatic N) is 3. The zero-order valence-electron chi connectivity index (χ0n) is 15.9. The van der Waals surface area contributed by atoms with E-state index in [1.807, 2.05) is 50.2 Å². The summed E-state index contributed by atoms with van der Waals surface area (Å²) in [4.78, 5) is 12.4. The predicted molar refractivity (Wildman–Crippen MR) is 110 cm³/mol. The van der Waals surface area contributed by atoms with E-state index in [0.717, 1.165) is 40.8 Å². The van der Waals surface area contributed by atoms with Gasteiger partial charge in [-0.1, -0.05) is 54.2 Å². The maximum atomic E-state index is 12.4. The van der Waals surface area contributed by atoms with Crippen LogP contribution in [0, 0.1) is 13.8 Å². The number of amides is 1. The Labute approximate surface area is 164 Å². The Balaban J connectivity index is 1.64. The Kier molecular flexibility index (Phi) is 6.29. The number of aromatic nitrogens is 3. The van der Waals surface area contributed by atoms with E-state index in [1.54, 1.807) is 0 Å². The van der Waals surface area contributed by atoms with E-state index < -0.39 is 0 Å². The van der Waals surface area contributed by atoms with Crippen LogP contribution in [0.1, 0.15) is 29.4 Å². The van der Waals surface area contributed by atoms with Crippen LogP contribution < -0.4 is 5.32 Å². The number of rotatable bonds is 7. The fourth-order valence-corrected chi connectivity index (χ4v) is 3.68. The van der Waals surface area contributed by atoms with Crippen molar-refractivity contribution in [3.8, 4) is 0 Å². The lowest BCUT2D eigenvalue weighted by molar-refractivity contribution is -0.113. The molecule has 3 rings (SSSR count). The summed E-state index contributed by atoms with van der Waals surface area (Å²) in [6.07, 6.45) is 0.733. The molecule has 0 aliphatic heterocycles. The number of carbonyl (C=O) groups excluding carboxylic acids is 1. The van der Waals surface area contributed by atoms with Crippen molar-refractivity contribution in [1.82, 2.24) is 14.8 Å². The molecule has 5 nitrogen and oxygen atoms in total. The summed E-state index contributed by atoms with van der Waals surface area (Å²) in [5, 5.41) is 12.4. The Morgan fingerprint density at radius 3 is 2.59 bits per heavy atom. The summed E-state index contributed by atoms with van der Waals surface area (Å²) in [7, 11) is 0. The Bertz CT molecular complexity index is 921. The monoisotopic (exact) mass is 380 g/mol. The first-order valence-corrected chi connectivity index (χ1v) is 10.0. The second-order valence-corrected chi connectivity index (χ2v) is 7.33. The quantitative estimate of drug-likeness (QED) is 0.623. The minimum atomic E-state index is -0.0380. The molecule has 3 aromatic rings. The number of hydrogen-bond acceptors (Lipinski definition) is 4. The van der Waals surface area contributed by atoms with Gasteiger partial charge in [0.15, 0.2) is 5.16 Å². The molecule has 0 radical (unpaired) electrons. The summed E-state index contributed by atoms with van der Waals surface area (Å²) in [5.41, 5.74) is 4.32. The minimum Gasteiger partial charge on any atom is -0.325 e. The number of benzene rings is 2. The third kappa shape index (κ3) is 4.77. The van der Waals surface area contributed by atoms with Crippen LogP contribution in [0.15, 0.2) is 53.7 Å². The third-order valence-corrected chi connectivity index (χ3v) is 5.49. The number of anilines is 1. The SMILES string of the molecule is CCn1c(Cc2ccccc2)nnc1SCC(=O)Nc1cccc(C)c1C. The summed E-state index contributed by atoms with van der Waals surface area (Å²) in [6, 6.07) is 16.1. The molecule has 1 aromatic heterocycles. The van der Waals surface area contributed by atoms with Crippen LogP contribution in [0.4, 0.5) is 5.69 Å². The average Bonchev–Trinajstić information content (AvgIpc) is 3.06. The summed E-state index contributed by atoms with van der Waals surface area (Å²) < 4.78 is 2.07. The Hall–Kier alpha value is -2.60. The van der Waals surface area contributed by atoms with Gasteiger partial charge in [-0.3, -0.25) is 4.79 Å². The molecule has 1 heterocycles. The van der Waals surface area contributed by atoms with Gasteiger partial charge in [0.25, 0.3) is 0 Å². The van der Waals surface area contributed by atoms with Crippen LogP contribution in [0.3, 0.4) is 0 Å². The lowest BCUT2D eigenvalue weighted by atomic mass is 10.1. The van der Waals surface area contributed by atoms with Crippen molar-refractivity contribution >= 4 is 23.4 Å². The van der Waals surface area contributed by atoms with Gasteiger partial charge < -0.3 is 9.88 Å². The molecular formula is C21H24N4OS. The number of nitrogens with one attached hydrogen (secondary N) is 1. The second kappa shape index (κ2) is 8.86. The van der Waals surface area contributed by atoms with Crippen molar-refractivity contribution in [2.24, 2.45) is 0 Å². The molecule has 0 aliphatic carbocycles. The Morgan fingerprint density at radius 1 is 1.07 bits per heavy atom. The van der Waals surface area contributed by atoms with Crippen LogP contribution in [-0.2, 0) is 17.8 Å². The molecule has 0 bridgehead atoms. The van der Waals surface area contributed by atoms with Gasteiger partial charge in [-0.05, 0) is 43.5 Å². The van der Waals surface area contributed by atoms with Gasteiger partial charge >= 0.3 is 0 Å². The molecule has 0 spiro atoms. The molecular weight excluding hydrogens is 356 g/mol. The van der Waals surface area contributed by atoms with E-state index in [0.29, 0.717) is 5.75 Å². The number of thioether (sulfide) groups is 1. The van der Waals surface area contributed by atoms with Gasteiger partial charge in [-0.15, -0.1) is 10.2 Å². The van der Waals surface area contributed by atoms with Crippen molar-refractivity contribution in [2.75, 3.05) is 11.1 Å². The van der Waals surface area contributed by atoms with E-state index in [9.17, 15) is 4.79 Å². The highest BCUT2D eigenvalue weighted by Gasteiger charge is 2.14. The molecule has 0 fully saturated rings. The highest BCUT2D eigenvalue weighted by molar-refractivity contribution is 7.99. The average molecular weight is 381 g/mol. The number of aryl methyl sites for hydroxylation is 1. The van der Waals surface area contributed by atoms with Gasteiger partial charge in [0.2, 0.25) is 5.91 Å². The van der Waals surface area contributed by atoms with Crippen LogP contribution >= 0.6 is 11.8 Å². The highest BCUT2D eigenvalue weighted by atomic mass is 32.2. The number of carbonyl (C=O) groups is 1. The van der Waals surface area contributed by atoms with E-state index in [1.165, 1.54) is 17.3 Å².